The molecule has 0 aliphatic carbocycles. The molecule has 88 valence electrons. The second-order valence-corrected chi connectivity index (χ2v) is 4.17. The summed E-state index contributed by atoms with van der Waals surface area (Å²) in [7, 11) is 0. The van der Waals surface area contributed by atoms with Crippen LogP contribution in [0.5, 0.6) is 0 Å². The molecule has 0 saturated carbocycles. The zero-order valence-electron chi connectivity index (χ0n) is 9.01. The monoisotopic (exact) mass is 242 g/mol. The van der Waals surface area contributed by atoms with E-state index in [9.17, 15) is 9.00 Å². The SMILES string of the molecule is CCCCOC(=O)c1ccccc1S(=O)O. The molecule has 0 bridgehead atoms. The molecule has 0 spiro atoms. The zero-order valence-corrected chi connectivity index (χ0v) is 9.83. The number of benzene rings is 1. The van der Waals surface area contributed by atoms with Crippen LogP contribution in [-0.2, 0) is 15.8 Å². The van der Waals surface area contributed by atoms with Crippen molar-refractivity contribution in [1.29, 1.82) is 0 Å². The molecule has 0 aromatic heterocycles. The molecule has 0 fully saturated rings. The van der Waals surface area contributed by atoms with Crippen LogP contribution in [0.1, 0.15) is 30.1 Å². The Bertz CT molecular complexity index is 389. The van der Waals surface area contributed by atoms with Gasteiger partial charge in [-0.25, -0.2) is 9.00 Å². The Morgan fingerprint density at radius 1 is 1.44 bits per heavy atom. The first kappa shape index (κ1) is 12.9. The van der Waals surface area contributed by atoms with E-state index in [1.807, 2.05) is 6.92 Å². The largest absolute Gasteiger partial charge is 0.462 e. The molecule has 1 N–H and O–H groups in total. The van der Waals surface area contributed by atoms with Gasteiger partial charge in [0.25, 0.3) is 0 Å². The highest BCUT2D eigenvalue weighted by Gasteiger charge is 2.15. The molecule has 5 heteroatoms. The molecule has 0 radical (unpaired) electrons. The summed E-state index contributed by atoms with van der Waals surface area (Å²) >= 11 is -2.17. The van der Waals surface area contributed by atoms with Crippen molar-refractivity contribution in [1.82, 2.24) is 0 Å². The maximum atomic E-state index is 11.6. The van der Waals surface area contributed by atoms with Gasteiger partial charge in [0.2, 0.25) is 0 Å². The lowest BCUT2D eigenvalue weighted by molar-refractivity contribution is 0.0495. The Hall–Kier alpha value is -1.20. The molecule has 1 rings (SSSR count). The molecular formula is C11H14O4S. The molecule has 16 heavy (non-hydrogen) atoms. The average Bonchev–Trinajstić information content (AvgIpc) is 2.29. The lowest BCUT2D eigenvalue weighted by Crippen LogP contribution is -2.09. The molecule has 1 aromatic rings. The maximum Gasteiger partial charge on any atom is 0.339 e. The summed E-state index contributed by atoms with van der Waals surface area (Å²) in [6.45, 7) is 2.33. The molecule has 1 atom stereocenters. The number of unbranched alkanes of at least 4 members (excludes halogenated alkanes) is 1. The van der Waals surface area contributed by atoms with Crippen LogP contribution in [0.25, 0.3) is 0 Å². The van der Waals surface area contributed by atoms with Crippen molar-refractivity contribution in [3.8, 4) is 0 Å². The summed E-state index contributed by atoms with van der Waals surface area (Å²) < 4.78 is 24.9. The lowest BCUT2D eigenvalue weighted by atomic mass is 10.2. The van der Waals surface area contributed by atoms with Gasteiger partial charge in [-0.3, -0.25) is 0 Å². The third-order valence-electron chi connectivity index (χ3n) is 2.03. The Labute approximate surface area is 96.9 Å². The second-order valence-electron chi connectivity index (χ2n) is 3.23. The molecule has 0 amide bonds. The topological polar surface area (TPSA) is 63.6 Å². The molecule has 0 aliphatic rings. The van der Waals surface area contributed by atoms with E-state index in [1.165, 1.54) is 12.1 Å². The fourth-order valence-electron chi connectivity index (χ4n) is 1.17. The quantitative estimate of drug-likeness (QED) is 0.488. The molecule has 4 nitrogen and oxygen atoms in total. The summed E-state index contributed by atoms with van der Waals surface area (Å²) in [4.78, 5) is 11.7. The normalized spacial score (nSPS) is 12.1. The van der Waals surface area contributed by atoms with Crippen LogP contribution in [0.3, 0.4) is 0 Å². The van der Waals surface area contributed by atoms with Gasteiger partial charge < -0.3 is 9.29 Å². The van der Waals surface area contributed by atoms with Crippen LogP contribution in [0.2, 0.25) is 0 Å². The fraction of sp³-hybridized carbons (Fsp3) is 0.364. The van der Waals surface area contributed by atoms with Crippen molar-refractivity contribution in [2.24, 2.45) is 0 Å². The molecule has 0 aliphatic heterocycles. The highest BCUT2D eigenvalue weighted by Crippen LogP contribution is 2.13. The van der Waals surface area contributed by atoms with Crippen molar-refractivity contribution in [2.45, 2.75) is 24.7 Å². The van der Waals surface area contributed by atoms with E-state index in [-0.39, 0.29) is 10.5 Å². The number of carbonyl (C=O) groups is 1. The van der Waals surface area contributed by atoms with E-state index >= 15 is 0 Å². The molecular weight excluding hydrogens is 228 g/mol. The van der Waals surface area contributed by atoms with Crippen molar-refractivity contribution in [3.63, 3.8) is 0 Å². The summed E-state index contributed by atoms with van der Waals surface area (Å²) in [5.74, 6) is -0.550. The number of esters is 1. The first-order chi connectivity index (χ1) is 7.66. The van der Waals surface area contributed by atoms with Gasteiger partial charge in [0.05, 0.1) is 17.1 Å². The van der Waals surface area contributed by atoms with Gasteiger partial charge in [-0.15, -0.1) is 0 Å². The summed E-state index contributed by atoms with van der Waals surface area (Å²) in [6.07, 6.45) is 1.72. The molecule has 0 saturated heterocycles. The number of rotatable bonds is 5. The molecule has 1 aromatic carbocycles. The second kappa shape index (κ2) is 6.40. The first-order valence-electron chi connectivity index (χ1n) is 5.03. The van der Waals surface area contributed by atoms with Gasteiger partial charge in [0.15, 0.2) is 11.1 Å². The number of hydrogen-bond donors (Lipinski definition) is 1. The minimum Gasteiger partial charge on any atom is -0.462 e. The van der Waals surface area contributed by atoms with Crippen molar-refractivity contribution in [2.75, 3.05) is 6.61 Å². The van der Waals surface area contributed by atoms with Crippen molar-refractivity contribution >= 4 is 17.0 Å². The van der Waals surface area contributed by atoms with Gasteiger partial charge in [-0.2, -0.15) is 0 Å². The van der Waals surface area contributed by atoms with E-state index in [0.29, 0.717) is 6.61 Å². The third-order valence-corrected chi connectivity index (χ3v) is 2.76. The van der Waals surface area contributed by atoms with Crippen LogP contribution in [0, 0.1) is 0 Å². The molecule has 1 unspecified atom stereocenters. The number of hydrogen-bond acceptors (Lipinski definition) is 3. The van der Waals surface area contributed by atoms with E-state index < -0.39 is 17.0 Å². The van der Waals surface area contributed by atoms with E-state index in [4.69, 9.17) is 9.29 Å². The zero-order chi connectivity index (χ0) is 12.0. The average molecular weight is 242 g/mol. The van der Waals surface area contributed by atoms with Crippen LogP contribution in [0.15, 0.2) is 29.2 Å². The minimum absolute atomic E-state index is 0.0870. The summed E-state index contributed by atoms with van der Waals surface area (Å²) in [5.41, 5.74) is 0.152. The van der Waals surface area contributed by atoms with Gasteiger partial charge in [0, 0.05) is 0 Å². The smallest absolute Gasteiger partial charge is 0.339 e. The maximum absolute atomic E-state index is 11.6. The van der Waals surface area contributed by atoms with Crippen LogP contribution in [-0.4, -0.2) is 21.3 Å². The van der Waals surface area contributed by atoms with Gasteiger partial charge in [0.1, 0.15) is 0 Å². The minimum atomic E-state index is -2.17. The predicted molar refractivity (Wildman–Crippen MR) is 60.7 cm³/mol. The standard InChI is InChI=1S/C11H14O4S/c1-2-3-8-15-11(12)9-6-4-5-7-10(9)16(13)14/h4-7H,2-3,8H2,1H3,(H,13,14). The van der Waals surface area contributed by atoms with E-state index in [0.717, 1.165) is 12.8 Å². The van der Waals surface area contributed by atoms with Crippen molar-refractivity contribution < 1.29 is 18.3 Å². The van der Waals surface area contributed by atoms with Gasteiger partial charge in [-0.05, 0) is 18.6 Å². The van der Waals surface area contributed by atoms with Crippen LogP contribution < -0.4 is 0 Å². The summed E-state index contributed by atoms with van der Waals surface area (Å²) in [6, 6.07) is 6.16. The van der Waals surface area contributed by atoms with Gasteiger partial charge >= 0.3 is 5.97 Å². The lowest BCUT2D eigenvalue weighted by Gasteiger charge is -2.06. The Morgan fingerprint density at radius 3 is 2.75 bits per heavy atom. The first-order valence-corrected chi connectivity index (χ1v) is 6.14. The van der Waals surface area contributed by atoms with Gasteiger partial charge in [-0.1, -0.05) is 25.5 Å². The van der Waals surface area contributed by atoms with Crippen LogP contribution >= 0.6 is 0 Å². The predicted octanol–water partition coefficient (Wildman–Crippen LogP) is 2.22. The highest BCUT2D eigenvalue weighted by atomic mass is 32.2. The van der Waals surface area contributed by atoms with Crippen molar-refractivity contribution in [3.05, 3.63) is 29.8 Å². The summed E-state index contributed by atoms with van der Waals surface area (Å²) in [5, 5.41) is 0. The molecule has 0 heterocycles. The Morgan fingerprint density at radius 2 is 2.12 bits per heavy atom. The highest BCUT2D eigenvalue weighted by molar-refractivity contribution is 7.79. The van der Waals surface area contributed by atoms with E-state index in [1.54, 1.807) is 12.1 Å². The Balaban J connectivity index is 2.78. The van der Waals surface area contributed by atoms with Crippen LogP contribution in [0.4, 0.5) is 0 Å². The fourth-order valence-corrected chi connectivity index (χ4v) is 1.71. The third kappa shape index (κ3) is 3.43. The number of ether oxygens (including phenoxy) is 1. The van der Waals surface area contributed by atoms with E-state index in [2.05, 4.69) is 0 Å². The Kier molecular flexibility index (Phi) is 5.14. The number of carbonyl (C=O) groups excluding carboxylic acids is 1.